The molecule has 0 aliphatic heterocycles. The van der Waals surface area contributed by atoms with E-state index in [-0.39, 0.29) is 36.4 Å². The average Bonchev–Trinajstić information content (AvgIpc) is 3.48. The van der Waals surface area contributed by atoms with E-state index in [4.69, 9.17) is 14.6 Å². The molecule has 170 valence electrons. The Morgan fingerprint density at radius 2 is 2.23 bits per heavy atom. The fraction of sp³-hybridized carbons (Fsp3) is 0.579. The van der Waals surface area contributed by atoms with E-state index in [2.05, 4.69) is 30.9 Å². The van der Waals surface area contributed by atoms with Crippen LogP contribution in [0.2, 0.25) is 0 Å². The van der Waals surface area contributed by atoms with Gasteiger partial charge in [0.25, 0.3) is 12.4 Å². The van der Waals surface area contributed by atoms with Crippen LogP contribution in [0.3, 0.4) is 0 Å². The lowest BCUT2D eigenvalue weighted by Gasteiger charge is -2.35. The van der Waals surface area contributed by atoms with E-state index in [0.717, 1.165) is 6.42 Å². The van der Waals surface area contributed by atoms with Gasteiger partial charge in [-0.3, -0.25) is 24.2 Å². The molecular formula is C19H29N7O5. The van der Waals surface area contributed by atoms with Crippen LogP contribution >= 0.6 is 0 Å². The second-order valence-corrected chi connectivity index (χ2v) is 7.04. The standard InChI is InChI=1S/C18H27N7O3.CH2O2/c1-2-7-28-16-8-13(17(26)20-5-6-25-12-19-11-23-25)3-4-15(16)24-18(27)14-9-21-22-10-14;2-1-3/h9-13,15-16H,2-8H2,1H3,(H,20,26)(H,21,22)(H,24,27);1H,(H,2,3)/t13-,15+,16+;/m0./s1. The highest BCUT2D eigenvalue weighted by molar-refractivity contribution is 5.93. The largest absolute Gasteiger partial charge is 0.483 e. The first kappa shape index (κ1) is 24.0. The molecule has 1 aliphatic rings. The predicted octanol–water partition coefficient (Wildman–Crippen LogP) is 0.212. The van der Waals surface area contributed by atoms with Crippen molar-refractivity contribution < 1.29 is 24.2 Å². The number of carboxylic acid groups (broad SMARTS) is 1. The molecule has 12 nitrogen and oxygen atoms in total. The third kappa shape index (κ3) is 7.81. The van der Waals surface area contributed by atoms with Gasteiger partial charge in [0.15, 0.2) is 0 Å². The zero-order valence-electron chi connectivity index (χ0n) is 17.4. The van der Waals surface area contributed by atoms with Gasteiger partial charge in [-0.1, -0.05) is 6.92 Å². The summed E-state index contributed by atoms with van der Waals surface area (Å²) in [6, 6.07) is -0.117. The number of carbonyl (C=O) groups is 3. The first-order valence-electron chi connectivity index (χ1n) is 10.2. The number of hydrogen-bond acceptors (Lipinski definition) is 7. The maximum atomic E-state index is 12.5. The molecule has 31 heavy (non-hydrogen) atoms. The van der Waals surface area contributed by atoms with Crippen LogP contribution in [-0.2, 0) is 20.9 Å². The van der Waals surface area contributed by atoms with Crippen LogP contribution in [0.5, 0.6) is 0 Å². The van der Waals surface area contributed by atoms with Crippen LogP contribution in [0, 0.1) is 5.92 Å². The van der Waals surface area contributed by atoms with Gasteiger partial charge in [0, 0.05) is 25.3 Å². The summed E-state index contributed by atoms with van der Waals surface area (Å²) < 4.78 is 7.64. The Hall–Kier alpha value is -3.28. The molecule has 0 bridgehead atoms. The Kier molecular flexibility index (Phi) is 10.1. The van der Waals surface area contributed by atoms with E-state index in [0.29, 0.717) is 44.5 Å². The second-order valence-electron chi connectivity index (χ2n) is 7.04. The molecule has 3 atom stereocenters. The fourth-order valence-electron chi connectivity index (χ4n) is 3.40. The first-order chi connectivity index (χ1) is 15.1. The molecule has 2 amide bonds. The molecule has 4 N–H and O–H groups in total. The molecule has 1 saturated carbocycles. The molecule has 2 heterocycles. The number of ether oxygens (including phenoxy) is 1. The third-order valence-corrected chi connectivity index (χ3v) is 4.88. The van der Waals surface area contributed by atoms with E-state index in [1.807, 2.05) is 6.92 Å². The van der Waals surface area contributed by atoms with Crippen LogP contribution in [0.25, 0.3) is 0 Å². The zero-order valence-corrected chi connectivity index (χ0v) is 17.4. The van der Waals surface area contributed by atoms with Crippen molar-refractivity contribution in [3.63, 3.8) is 0 Å². The van der Waals surface area contributed by atoms with Crippen LogP contribution in [-0.4, -0.2) is 73.7 Å². The van der Waals surface area contributed by atoms with Crippen molar-refractivity contribution in [3.8, 4) is 0 Å². The Morgan fingerprint density at radius 1 is 1.42 bits per heavy atom. The smallest absolute Gasteiger partial charge is 0.290 e. The molecule has 0 spiro atoms. The van der Waals surface area contributed by atoms with E-state index >= 15 is 0 Å². The average molecular weight is 435 g/mol. The van der Waals surface area contributed by atoms with Crippen LogP contribution in [0.4, 0.5) is 0 Å². The highest BCUT2D eigenvalue weighted by atomic mass is 16.5. The summed E-state index contributed by atoms with van der Waals surface area (Å²) >= 11 is 0. The van der Waals surface area contributed by atoms with E-state index < -0.39 is 0 Å². The predicted molar refractivity (Wildman–Crippen MR) is 109 cm³/mol. The van der Waals surface area contributed by atoms with Crippen LogP contribution in [0.15, 0.2) is 25.0 Å². The number of hydrogen-bond donors (Lipinski definition) is 4. The third-order valence-electron chi connectivity index (χ3n) is 4.88. The van der Waals surface area contributed by atoms with Crippen molar-refractivity contribution in [2.24, 2.45) is 5.92 Å². The first-order valence-corrected chi connectivity index (χ1v) is 10.2. The Labute approximate surface area is 179 Å². The molecule has 0 radical (unpaired) electrons. The number of carbonyl (C=O) groups excluding carboxylic acids is 2. The zero-order chi connectivity index (χ0) is 22.5. The van der Waals surface area contributed by atoms with Crippen LogP contribution < -0.4 is 10.6 Å². The van der Waals surface area contributed by atoms with Gasteiger partial charge < -0.3 is 20.5 Å². The van der Waals surface area contributed by atoms with Crippen LogP contribution in [0.1, 0.15) is 43.0 Å². The van der Waals surface area contributed by atoms with Gasteiger partial charge in [-0.2, -0.15) is 10.2 Å². The SMILES string of the molecule is CCCO[C@@H]1C[C@@H](C(=O)NCCn2cncn2)CC[C@H]1NC(=O)c1cn[nH]c1.O=CO. The number of aromatic nitrogens is 5. The van der Waals surface area contributed by atoms with Crippen molar-refractivity contribution in [2.75, 3.05) is 13.2 Å². The lowest BCUT2D eigenvalue weighted by atomic mass is 9.83. The van der Waals surface area contributed by atoms with E-state index in [1.165, 1.54) is 12.5 Å². The minimum Gasteiger partial charge on any atom is -0.483 e. The molecule has 1 fully saturated rings. The summed E-state index contributed by atoms with van der Waals surface area (Å²) in [6.07, 6.45) is 8.83. The highest BCUT2D eigenvalue weighted by Crippen LogP contribution is 2.27. The number of nitrogens with zero attached hydrogens (tertiary/aromatic N) is 4. The van der Waals surface area contributed by atoms with Crippen molar-refractivity contribution in [3.05, 3.63) is 30.6 Å². The maximum absolute atomic E-state index is 12.5. The quantitative estimate of drug-likeness (QED) is 0.406. The number of rotatable bonds is 9. The van der Waals surface area contributed by atoms with Gasteiger partial charge in [-0.05, 0) is 25.7 Å². The molecule has 1 aliphatic carbocycles. The van der Waals surface area contributed by atoms with Gasteiger partial charge in [0.2, 0.25) is 5.91 Å². The van der Waals surface area contributed by atoms with Crippen molar-refractivity contribution in [1.82, 2.24) is 35.6 Å². The lowest BCUT2D eigenvalue weighted by molar-refractivity contribution is -0.128. The molecule has 12 heteroatoms. The molecule has 0 unspecified atom stereocenters. The van der Waals surface area contributed by atoms with E-state index in [1.54, 1.807) is 17.2 Å². The summed E-state index contributed by atoms with van der Waals surface area (Å²) in [7, 11) is 0. The summed E-state index contributed by atoms with van der Waals surface area (Å²) in [4.78, 5) is 37.1. The summed E-state index contributed by atoms with van der Waals surface area (Å²) in [6.45, 7) is 3.47. The molecule has 2 aromatic rings. The summed E-state index contributed by atoms with van der Waals surface area (Å²) in [5.41, 5.74) is 0.488. The topological polar surface area (TPSA) is 164 Å². The molecule has 3 rings (SSSR count). The summed E-state index contributed by atoms with van der Waals surface area (Å²) in [5, 5.41) is 23.3. The Balaban J connectivity index is 0.00000107. The van der Waals surface area contributed by atoms with Crippen molar-refractivity contribution in [2.45, 2.75) is 51.3 Å². The van der Waals surface area contributed by atoms with Gasteiger partial charge in [-0.25, -0.2) is 4.98 Å². The number of nitrogens with one attached hydrogen (secondary N) is 3. The number of H-pyrrole nitrogens is 1. The monoisotopic (exact) mass is 435 g/mol. The highest BCUT2D eigenvalue weighted by Gasteiger charge is 2.35. The number of amides is 2. The Morgan fingerprint density at radius 3 is 2.87 bits per heavy atom. The lowest BCUT2D eigenvalue weighted by Crippen LogP contribution is -2.50. The number of aromatic amines is 1. The molecule has 0 aromatic carbocycles. The molecule has 0 saturated heterocycles. The van der Waals surface area contributed by atoms with E-state index in [9.17, 15) is 9.59 Å². The minimum absolute atomic E-state index is 0.0184. The normalized spacial score (nSPS) is 20.2. The molecular weight excluding hydrogens is 406 g/mol. The van der Waals surface area contributed by atoms with Gasteiger partial charge >= 0.3 is 0 Å². The molecule has 2 aromatic heterocycles. The van der Waals surface area contributed by atoms with Gasteiger partial charge in [0.1, 0.15) is 12.7 Å². The second kappa shape index (κ2) is 13.1. The van der Waals surface area contributed by atoms with Crippen molar-refractivity contribution >= 4 is 18.3 Å². The Bertz CT molecular complexity index is 782. The van der Waals surface area contributed by atoms with Gasteiger partial charge in [-0.15, -0.1) is 0 Å². The maximum Gasteiger partial charge on any atom is 0.290 e. The minimum atomic E-state index is -0.250. The summed E-state index contributed by atoms with van der Waals surface area (Å²) in [5.74, 6) is -0.288. The van der Waals surface area contributed by atoms with Gasteiger partial charge in [0.05, 0.1) is 30.5 Å². The fourth-order valence-corrected chi connectivity index (χ4v) is 3.40. The van der Waals surface area contributed by atoms with Crippen molar-refractivity contribution in [1.29, 1.82) is 0 Å².